The van der Waals surface area contributed by atoms with Crippen LogP contribution in [0.2, 0.25) is 0 Å². The molecule has 156 valence electrons. The molecule has 0 N–H and O–H groups in total. The minimum atomic E-state index is 0.163. The topological polar surface area (TPSA) is 54.3 Å². The Morgan fingerprint density at radius 1 is 0.967 bits per heavy atom. The highest BCUT2D eigenvalue weighted by atomic mass is 32.2. The van der Waals surface area contributed by atoms with Crippen molar-refractivity contribution in [2.24, 2.45) is 0 Å². The summed E-state index contributed by atoms with van der Waals surface area (Å²) in [6.45, 7) is 8.77. The predicted molar refractivity (Wildman–Crippen MR) is 121 cm³/mol. The van der Waals surface area contributed by atoms with Crippen LogP contribution in [-0.4, -0.2) is 68.9 Å². The predicted octanol–water partition coefficient (Wildman–Crippen LogP) is 3.50. The SMILES string of the molecule is CCN1CCN(C(=O)CSc2nnc(-c3ccccc3C)n2-c2ccccc2)CC1. The number of hydrogen-bond donors (Lipinski definition) is 0. The maximum absolute atomic E-state index is 12.8. The molecule has 6 nitrogen and oxygen atoms in total. The molecule has 3 aromatic rings. The Morgan fingerprint density at radius 3 is 2.37 bits per heavy atom. The van der Waals surface area contributed by atoms with Crippen LogP contribution in [0.3, 0.4) is 0 Å². The van der Waals surface area contributed by atoms with Crippen molar-refractivity contribution in [2.45, 2.75) is 19.0 Å². The molecule has 0 spiro atoms. The summed E-state index contributed by atoms with van der Waals surface area (Å²) < 4.78 is 2.05. The second-order valence-electron chi connectivity index (χ2n) is 7.40. The van der Waals surface area contributed by atoms with Crippen molar-refractivity contribution in [1.82, 2.24) is 24.6 Å². The van der Waals surface area contributed by atoms with Gasteiger partial charge in [0, 0.05) is 37.4 Å². The van der Waals surface area contributed by atoms with Gasteiger partial charge in [-0.3, -0.25) is 9.36 Å². The number of aryl methyl sites for hydroxylation is 1. The maximum atomic E-state index is 12.8. The van der Waals surface area contributed by atoms with Gasteiger partial charge in [0.05, 0.1) is 5.75 Å². The van der Waals surface area contributed by atoms with Crippen molar-refractivity contribution in [1.29, 1.82) is 0 Å². The van der Waals surface area contributed by atoms with E-state index in [0.29, 0.717) is 5.75 Å². The van der Waals surface area contributed by atoms with Crippen molar-refractivity contribution in [2.75, 3.05) is 38.5 Å². The summed E-state index contributed by atoms with van der Waals surface area (Å²) in [6.07, 6.45) is 0. The van der Waals surface area contributed by atoms with Gasteiger partial charge in [-0.1, -0.05) is 61.2 Å². The molecule has 4 rings (SSSR count). The van der Waals surface area contributed by atoms with E-state index >= 15 is 0 Å². The van der Waals surface area contributed by atoms with Gasteiger partial charge in [0.25, 0.3) is 0 Å². The van der Waals surface area contributed by atoms with Crippen LogP contribution in [0.1, 0.15) is 12.5 Å². The summed E-state index contributed by atoms with van der Waals surface area (Å²) in [5.74, 6) is 1.33. The fraction of sp³-hybridized carbons (Fsp3) is 0.348. The van der Waals surface area contributed by atoms with E-state index in [4.69, 9.17) is 0 Å². The van der Waals surface area contributed by atoms with Gasteiger partial charge in [0.15, 0.2) is 11.0 Å². The van der Waals surface area contributed by atoms with E-state index in [1.807, 2.05) is 47.4 Å². The summed E-state index contributed by atoms with van der Waals surface area (Å²) in [5, 5.41) is 9.68. The molecular weight excluding hydrogens is 394 g/mol. The lowest BCUT2D eigenvalue weighted by atomic mass is 10.1. The molecule has 0 bridgehead atoms. The molecule has 2 aromatic carbocycles. The molecule has 0 atom stereocenters. The van der Waals surface area contributed by atoms with E-state index in [2.05, 4.69) is 45.6 Å². The van der Waals surface area contributed by atoms with Crippen LogP contribution >= 0.6 is 11.8 Å². The van der Waals surface area contributed by atoms with Crippen LogP contribution < -0.4 is 0 Å². The quantitative estimate of drug-likeness (QED) is 0.570. The van der Waals surface area contributed by atoms with Gasteiger partial charge in [-0.05, 0) is 31.2 Å². The minimum Gasteiger partial charge on any atom is -0.339 e. The van der Waals surface area contributed by atoms with Crippen LogP contribution in [-0.2, 0) is 4.79 Å². The maximum Gasteiger partial charge on any atom is 0.233 e. The van der Waals surface area contributed by atoms with Crippen molar-refractivity contribution in [3.05, 3.63) is 60.2 Å². The minimum absolute atomic E-state index is 0.163. The van der Waals surface area contributed by atoms with Gasteiger partial charge in [-0.25, -0.2) is 0 Å². The molecular formula is C23H27N5OS. The summed E-state index contributed by atoms with van der Waals surface area (Å²) >= 11 is 1.46. The number of likely N-dealkylation sites (N-methyl/N-ethyl adjacent to an activating group) is 1. The van der Waals surface area contributed by atoms with E-state index in [1.165, 1.54) is 11.8 Å². The van der Waals surface area contributed by atoms with Crippen molar-refractivity contribution >= 4 is 17.7 Å². The van der Waals surface area contributed by atoms with E-state index in [0.717, 1.165) is 60.5 Å². The third-order valence-corrected chi connectivity index (χ3v) is 6.44. The first-order chi connectivity index (χ1) is 14.7. The normalized spacial score (nSPS) is 14.8. The van der Waals surface area contributed by atoms with Crippen LogP contribution in [0.25, 0.3) is 17.1 Å². The fourth-order valence-corrected chi connectivity index (χ4v) is 4.56. The number of hydrogen-bond acceptors (Lipinski definition) is 5. The number of para-hydroxylation sites is 1. The summed E-state index contributed by atoms with van der Waals surface area (Å²) in [5.41, 5.74) is 3.18. The highest BCUT2D eigenvalue weighted by Gasteiger charge is 2.22. The summed E-state index contributed by atoms with van der Waals surface area (Å²) in [6, 6.07) is 18.3. The van der Waals surface area contributed by atoms with E-state index in [9.17, 15) is 4.79 Å². The smallest absolute Gasteiger partial charge is 0.233 e. The molecule has 7 heteroatoms. The number of carbonyl (C=O) groups is 1. The van der Waals surface area contributed by atoms with Crippen molar-refractivity contribution in [3.63, 3.8) is 0 Å². The number of nitrogens with zero attached hydrogens (tertiary/aromatic N) is 5. The van der Waals surface area contributed by atoms with Gasteiger partial charge in [-0.2, -0.15) is 0 Å². The third kappa shape index (κ3) is 4.42. The molecule has 1 aromatic heterocycles. The molecule has 1 amide bonds. The number of piperazine rings is 1. The van der Waals surface area contributed by atoms with Crippen molar-refractivity contribution < 1.29 is 4.79 Å². The first kappa shape index (κ1) is 20.6. The van der Waals surface area contributed by atoms with Crippen LogP contribution in [0.15, 0.2) is 59.8 Å². The summed E-state index contributed by atoms with van der Waals surface area (Å²) in [7, 11) is 0. The Hall–Kier alpha value is -2.64. The molecule has 0 aliphatic carbocycles. The highest BCUT2D eigenvalue weighted by molar-refractivity contribution is 7.99. The lowest BCUT2D eigenvalue weighted by molar-refractivity contribution is -0.130. The summed E-state index contributed by atoms with van der Waals surface area (Å²) in [4.78, 5) is 17.1. The van der Waals surface area contributed by atoms with Gasteiger partial charge in [0.1, 0.15) is 0 Å². The average Bonchev–Trinajstić information content (AvgIpc) is 3.22. The number of carbonyl (C=O) groups excluding carboxylic acids is 1. The largest absolute Gasteiger partial charge is 0.339 e. The van der Waals surface area contributed by atoms with Crippen LogP contribution in [0.5, 0.6) is 0 Å². The number of rotatable bonds is 6. The van der Waals surface area contributed by atoms with E-state index in [-0.39, 0.29) is 5.91 Å². The number of amides is 1. The monoisotopic (exact) mass is 421 g/mol. The third-order valence-electron chi connectivity index (χ3n) is 5.53. The van der Waals surface area contributed by atoms with Crippen LogP contribution in [0, 0.1) is 6.92 Å². The number of aromatic nitrogens is 3. The molecule has 0 radical (unpaired) electrons. The molecule has 1 saturated heterocycles. The van der Waals surface area contributed by atoms with Gasteiger partial charge < -0.3 is 9.80 Å². The Morgan fingerprint density at radius 2 is 1.67 bits per heavy atom. The molecule has 2 heterocycles. The highest BCUT2D eigenvalue weighted by Crippen LogP contribution is 2.29. The van der Waals surface area contributed by atoms with E-state index in [1.54, 1.807) is 0 Å². The first-order valence-electron chi connectivity index (χ1n) is 10.4. The zero-order chi connectivity index (χ0) is 20.9. The Kier molecular flexibility index (Phi) is 6.50. The van der Waals surface area contributed by atoms with Crippen molar-refractivity contribution in [3.8, 4) is 17.1 Å². The van der Waals surface area contributed by atoms with Gasteiger partial charge in [-0.15, -0.1) is 10.2 Å². The van der Waals surface area contributed by atoms with E-state index < -0.39 is 0 Å². The second-order valence-corrected chi connectivity index (χ2v) is 8.34. The second kappa shape index (κ2) is 9.45. The molecule has 1 fully saturated rings. The first-order valence-corrected chi connectivity index (χ1v) is 11.4. The Balaban J connectivity index is 1.57. The number of benzene rings is 2. The number of thioether (sulfide) groups is 1. The fourth-order valence-electron chi connectivity index (χ4n) is 3.70. The molecule has 1 aliphatic heterocycles. The zero-order valence-corrected chi connectivity index (χ0v) is 18.3. The molecule has 1 aliphatic rings. The lowest BCUT2D eigenvalue weighted by Gasteiger charge is -2.34. The van der Waals surface area contributed by atoms with Gasteiger partial charge in [0.2, 0.25) is 5.91 Å². The van der Waals surface area contributed by atoms with Crippen LogP contribution in [0.4, 0.5) is 0 Å². The Labute approximate surface area is 181 Å². The Bertz CT molecular complexity index is 996. The average molecular weight is 422 g/mol. The molecule has 0 saturated carbocycles. The lowest BCUT2D eigenvalue weighted by Crippen LogP contribution is -2.49. The standard InChI is InChI=1S/C23H27N5OS/c1-3-26-13-15-27(16-14-26)21(29)17-30-23-25-24-22(20-12-8-7-9-18(20)2)28(23)19-10-5-4-6-11-19/h4-12H,3,13-17H2,1-2H3. The molecule has 30 heavy (non-hydrogen) atoms. The molecule has 0 unspecified atom stereocenters. The zero-order valence-electron chi connectivity index (χ0n) is 17.5. The van der Waals surface area contributed by atoms with Gasteiger partial charge >= 0.3 is 0 Å².